The SMILES string of the molecule is Br.CCO[C-]=O.[CH3-].[Zn+2]. The van der Waals surface area contributed by atoms with Gasteiger partial charge in [-0.05, 0) is 6.92 Å². The molecule has 0 aromatic rings. The fourth-order valence-corrected chi connectivity index (χ4v) is 0.0589. The topological polar surface area (TPSA) is 26.3 Å². The van der Waals surface area contributed by atoms with E-state index in [4.69, 9.17) is 4.79 Å². The molecule has 0 fully saturated rings. The van der Waals surface area contributed by atoms with E-state index >= 15 is 0 Å². The van der Waals surface area contributed by atoms with Gasteiger partial charge in [-0.2, -0.15) is 0 Å². The summed E-state index contributed by atoms with van der Waals surface area (Å²) in [6.07, 6.45) is 0. The molecule has 0 saturated carbocycles. The van der Waals surface area contributed by atoms with Crippen molar-refractivity contribution >= 4 is 23.5 Å². The molecule has 0 unspecified atom stereocenters. The third-order valence-corrected chi connectivity index (χ3v) is 0.203. The standard InChI is InChI=1S/C3H5O2.CH3.BrH.Zn/c1-2-5-3-4;;;/h2H2,1H3;1H3;1H;/q2*-1;;+2. The Morgan fingerprint density at radius 1 is 1.62 bits per heavy atom. The minimum absolute atomic E-state index is 0. The molecule has 0 aromatic heterocycles. The van der Waals surface area contributed by atoms with Crippen molar-refractivity contribution in [2.75, 3.05) is 6.61 Å². The Morgan fingerprint density at radius 2 is 2.00 bits per heavy atom. The van der Waals surface area contributed by atoms with E-state index in [0.717, 1.165) is 0 Å². The molecule has 0 spiro atoms. The van der Waals surface area contributed by atoms with Crippen LogP contribution in [0.1, 0.15) is 6.92 Å². The fourth-order valence-electron chi connectivity index (χ4n) is 0.0589. The summed E-state index contributed by atoms with van der Waals surface area (Å²) in [4.78, 5) is 9.06. The quantitative estimate of drug-likeness (QED) is 0.529. The van der Waals surface area contributed by atoms with E-state index in [1.54, 1.807) is 6.92 Å². The van der Waals surface area contributed by atoms with Gasteiger partial charge in [-0.15, -0.1) is 17.0 Å². The predicted octanol–water partition coefficient (Wildman–Crippen LogP) is 1.12. The molecular formula is C4H9BrO2Zn. The molecule has 0 atom stereocenters. The zero-order chi connectivity index (χ0) is 4.12. The second-order valence-corrected chi connectivity index (χ2v) is 0.516. The van der Waals surface area contributed by atoms with Crippen LogP contribution in [0.25, 0.3) is 0 Å². The van der Waals surface area contributed by atoms with Crippen LogP contribution in [-0.4, -0.2) is 13.1 Å². The zero-order valence-corrected chi connectivity index (χ0v) is 9.82. The van der Waals surface area contributed by atoms with Crippen LogP contribution in [0.3, 0.4) is 0 Å². The van der Waals surface area contributed by atoms with Gasteiger partial charge < -0.3 is 17.0 Å². The Hall–Kier alpha value is 0.573. The van der Waals surface area contributed by atoms with Crippen LogP contribution in [0.15, 0.2) is 0 Å². The van der Waals surface area contributed by atoms with Crippen molar-refractivity contribution in [1.29, 1.82) is 0 Å². The summed E-state index contributed by atoms with van der Waals surface area (Å²) in [5, 5.41) is 0. The fraction of sp³-hybridized carbons (Fsp3) is 0.500. The van der Waals surface area contributed by atoms with E-state index < -0.39 is 0 Å². The number of hydrogen-bond acceptors (Lipinski definition) is 2. The Bertz CT molecular complexity index is 35.2. The Morgan fingerprint density at radius 3 is 2.00 bits per heavy atom. The van der Waals surface area contributed by atoms with Gasteiger partial charge in [0, 0.05) is 6.61 Å². The predicted molar refractivity (Wildman–Crippen MR) is 34.1 cm³/mol. The van der Waals surface area contributed by atoms with Gasteiger partial charge >= 0.3 is 19.5 Å². The van der Waals surface area contributed by atoms with Gasteiger partial charge in [-0.25, -0.2) is 0 Å². The Balaban J connectivity index is -0.0000000267. The molecule has 8 heavy (non-hydrogen) atoms. The summed E-state index contributed by atoms with van der Waals surface area (Å²) in [5.74, 6) is 0. The van der Waals surface area contributed by atoms with Crippen LogP contribution in [-0.2, 0) is 29.0 Å². The van der Waals surface area contributed by atoms with E-state index in [1.807, 2.05) is 0 Å². The van der Waals surface area contributed by atoms with Crippen molar-refractivity contribution in [1.82, 2.24) is 0 Å². The maximum atomic E-state index is 9.06. The molecule has 2 nitrogen and oxygen atoms in total. The van der Waals surface area contributed by atoms with E-state index in [-0.39, 0.29) is 43.9 Å². The van der Waals surface area contributed by atoms with Crippen molar-refractivity contribution in [2.45, 2.75) is 6.92 Å². The molecule has 0 saturated heterocycles. The molecule has 0 rings (SSSR count). The maximum Gasteiger partial charge on any atom is 2.00 e. The van der Waals surface area contributed by atoms with Gasteiger partial charge in [0.05, 0.1) is 0 Å². The molecule has 0 amide bonds. The summed E-state index contributed by atoms with van der Waals surface area (Å²) in [7, 11) is 0. The minimum Gasteiger partial charge on any atom is -0.653 e. The minimum atomic E-state index is 0. The summed E-state index contributed by atoms with van der Waals surface area (Å²) in [6, 6.07) is 0. The molecule has 0 aliphatic carbocycles. The molecule has 0 heterocycles. The molecule has 0 bridgehead atoms. The summed E-state index contributed by atoms with van der Waals surface area (Å²) >= 11 is 0. The Kier molecular flexibility index (Phi) is 75.3. The summed E-state index contributed by atoms with van der Waals surface area (Å²) < 4.78 is 4.03. The molecule has 0 radical (unpaired) electrons. The van der Waals surface area contributed by atoms with E-state index in [0.29, 0.717) is 6.61 Å². The average Bonchev–Trinajstić information content (AvgIpc) is 1.41. The molecule has 0 aliphatic rings. The first-order valence-corrected chi connectivity index (χ1v) is 1.40. The van der Waals surface area contributed by atoms with Crippen LogP contribution >= 0.6 is 17.0 Å². The smallest absolute Gasteiger partial charge is 0.653 e. The van der Waals surface area contributed by atoms with Crippen LogP contribution in [0.4, 0.5) is 0 Å². The summed E-state index contributed by atoms with van der Waals surface area (Å²) in [6.45, 7) is 3.41. The first kappa shape index (κ1) is 23.5. The van der Waals surface area contributed by atoms with Gasteiger partial charge in [-0.3, -0.25) is 0 Å². The summed E-state index contributed by atoms with van der Waals surface area (Å²) in [5.41, 5.74) is 0. The van der Waals surface area contributed by atoms with Crippen molar-refractivity contribution < 1.29 is 29.0 Å². The Labute approximate surface area is 73.5 Å². The number of hydrogen-bond donors (Lipinski definition) is 0. The zero-order valence-electron chi connectivity index (χ0n) is 5.14. The van der Waals surface area contributed by atoms with Crippen molar-refractivity contribution in [3.63, 3.8) is 0 Å². The first-order chi connectivity index (χ1) is 2.41. The maximum absolute atomic E-state index is 9.06. The molecule has 46 valence electrons. The number of halogens is 1. The van der Waals surface area contributed by atoms with E-state index in [2.05, 4.69) is 4.74 Å². The average molecular weight is 234 g/mol. The van der Waals surface area contributed by atoms with Crippen LogP contribution in [0.5, 0.6) is 0 Å². The largest absolute Gasteiger partial charge is 2.00 e. The number of rotatable bonds is 2. The van der Waals surface area contributed by atoms with Gasteiger partial charge in [0.25, 0.3) is 0 Å². The van der Waals surface area contributed by atoms with Gasteiger partial charge in [0.15, 0.2) is 0 Å². The van der Waals surface area contributed by atoms with E-state index in [1.165, 1.54) is 6.47 Å². The van der Waals surface area contributed by atoms with Crippen LogP contribution in [0, 0.1) is 7.43 Å². The second-order valence-electron chi connectivity index (χ2n) is 0.516. The second kappa shape index (κ2) is 25.6. The molecule has 0 aromatic carbocycles. The normalized spacial score (nSPS) is 4.12. The van der Waals surface area contributed by atoms with Crippen molar-refractivity contribution in [2.24, 2.45) is 0 Å². The number of ether oxygens (including phenoxy) is 1. The molecule has 4 heteroatoms. The van der Waals surface area contributed by atoms with Crippen LogP contribution in [0.2, 0.25) is 0 Å². The molecule has 0 N–H and O–H groups in total. The van der Waals surface area contributed by atoms with E-state index in [9.17, 15) is 0 Å². The van der Waals surface area contributed by atoms with Gasteiger partial charge in [0.1, 0.15) is 0 Å². The molecular weight excluding hydrogens is 225 g/mol. The number of carbonyl (C=O) groups excluding carboxylic acids is 1. The van der Waals surface area contributed by atoms with Gasteiger partial charge in [-0.1, -0.05) is 6.47 Å². The van der Waals surface area contributed by atoms with Crippen molar-refractivity contribution in [3.8, 4) is 0 Å². The molecule has 0 aliphatic heterocycles. The third kappa shape index (κ3) is 30.8. The van der Waals surface area contributed by atoms with Crippen molar-refractivity contribution in [3.05, 3.63) is 7.43 Å². The first-order valence-electron chi connectivity index (χ1n) is 1.40. The third-order valence-electron chi connectivity index (χ3n) is 0.203. The monoisotopic (exact) mass is 232 g/mol. The van der Waals surface area contributed by atoms with Crippen LogP contribution < -0.4 is 0 Å². The van der Waals surface area contributed by atoms with Gasteiger partial charge in [0.2, 0.25) is 0 Å².